The molecule has 1 atom stereocenters. The molecule has 36 heavy (non-hydrogen) atoms. The maximum atomic E-state index is 13.6. The van der Waals surface area contributed by atoms with E-state index in [1.807, 2.05) is 54.6 Å². The van der Waals surface area contributed by atoms with Crippen LogP contribution in [-0.2, 0) is 17.6 Å². The zero-order valence-electron chi connectivity index (χ0n) is 21.0. The Kier molecular flexibility index (Phi) is 6.39. The monoisotopic (exact) mass is 497 g/mol. The number of thiophene rings is 1. The molecule has 1 N–H and O–H groups in total. The molecule has 2 heterocycles. The van der Waals surface area contributed by atoms with Gasteiger partial charge in [-0.15, -0.1) is 17.9 Å². The average molecular weight is 498 g/mol. The van der Waals surface area contributed by atoms with Crippen molar-refractivity contribution in [1.82, 2.24) is 0 Å². The number of hydrogen-bond donors (Lipinski definition) is 1. The van der Waals surface area contributed by atoms with Crippen LogP contribution in [0.3, 0.4) is 0 Å². The summed E-state index contributed by atoms with van der Waals surface area (Å²) in [5.74, 6) is 0.199. The first-order valence-corrected chi connectivity index (χ1v) is 13.2. The van der Waals surface area contributed by atoms with Crippen LogP contribution < -0.4 is 10.2 Å². The van der Waals surface area contributed by atoms with Crippen LogP contribution in [0.25, 0.3) is 0 Å². The Labute approximate surface area is 216 Å². The Morgan fingerprint density at radius 3 is 2.61 bits per heavy atom. The van der Waals surface area contributed by atoms with Crippen molar-refractivity contribution in [2.75, 3.05) is 16.8 Å². The lowest BCUT2D eigenvalue weighted by atomic mass is 9.72. The fraction of sp³-hybridized carbons (Fsp3) is 0.300. The lowest BCUT2D eigenvalue weighted by molar-refractivity contribution is -0.112. The number of para-hydroxylation sites is 2. The van der Waals surface area contributed by atoms with Crippen molar-refractivity contribution in [2.24, 2.45) is 16.3 Å². The molecule has 0 spiro atoms. The number of nitrogens with one attached hydrogen (secondary N) is 1. The van der Waals surface area contributed by atoms with E-state index >= 15 is 0 Å². The number of carbonyl (C=O) groups is 2. The van der Waals surface area contributed by atoms with E-state index in [0.29, 0.717) is 28.7 Å². The Hall–Kier alpha value is -3.51. The van der Waals surface area contributed by atoms with Crippen molar-refractivity contribution in [3.05, 3.63) is 88.8 Å². The summed E-state index contributed by atoms with van der Waals surface area (Å²) in [7, 11) is 0. The van der Waals surface area contributed by atoms with E-state index in [4.69, 9.17) is 4.99 Å². The van der Waals surface area contributed by atoms with Crippen LogP contribution in [0.15, 0.2) is 72.2 Å². The number of benzene rings is 2. The van der Waals surface area contributed by atoms with Crippen LogP contribution in [0.2, 0.25) is 0 Å². The normalized spacial score (nSPS) is 18.2. The molecule has 2 amide bonds. The first-order valence-electron chi connectivity index (χ1n) is 12.4. The van der Waals surface area contributed by atoms with Gasteiger partial charge in [0.1, 0.15) is 10.7 Å². The number of nitrogens with zero attached hydrogens (tertiary/aromatic N) is 2. The summed E-state index contributed by atoms with van der Waals surface area (Å²) in [5, 5.41) is 3.66. The Balaban J connectivity index is 1.61. The van der Waals surface area contributed by atoms with Crippen molar-refractivity contribution in [3.8, 4) is 0 Å². The summed E-state index contributed by atoms with van der Waals surface area (Å²) in [6, 6.07) is 17.1. The van der Waals surface area contributed by atoms with Gasteiger partial charge in [0, 0.05) is 22.7 Å². The third-order valence-corrected chi connectivity index (χ3v) is 8.30. The fourth-order valence-electron chi connectivity index (χ4n) is 5.12. The topological polar surface area (TPSA) is 61.8 Å². The molecule has 0 unspecified atom stereocenters. The van der Waals surface area contributed by atoms with Crippen molar-refractivity contribution in [3.63, 3.8) is 0 Å². The summed E-state index contributed by atoms with van der Waals surface area (Å²) >= 11 is 1.56. The van der Waals surface area contributed by atoms with E-state index in [0.717, 1.165) is 41.8 Å². The van der Waals surface area contributed by atoms with Gasteiger partial charge < -0.3 is 10.2 Å². The summed E-state index contributed by atoms with van der Waals surface area (Å²) in [4.78, 5) is 34.9. The quantitative estimate of drug-likeness (QED) is 0.394. The highest BCUT2D eigenvalue weighted by Crippen LogP contribution is 2.46. The molecular formula is C30H31N3O2S. The minimum Gasteiger partial charge on any atom is -0.322 e. The highest BCUT2D eigenvalue weighted by atomic mass is 32.1. The number of aliphatic imine (C=N–C) groups is 1. The molecule has 5 rings (SSSR count). The third-order valence-electron chi connectivity index (χ3n) is 7.15. The fourth-order valence-corrected chi connectivity index (χ4v) is 6.42. The predicted molar refractivity (Wildman–Crippen MR) is 149 cm³/mol. The average Bonchev–Trinajstić information content (AvgIpc) is 3.35. The Bertz CT molecular complexity index is 1360. The van der Waals surface area contributed by atoms with Crippen LogP contribution in [-0.4, -0.2) is 24.1 Å². The highest BCUT2D eigenvalue weighted by molar-refractivity contribution is 7.16. The van der Waals surface area contributed by atoms with Crippen LogP contribution in [0.1, 0.15) is 53.6 Å². The SMILES string of the molecule is C=CCN1C(=O)C(=Nc2sc3c(c2C(=O)Nc2ccccc2)CC[C@H](C(C)(C)C)C3)c2ccccc21. The van der Waals surface area contributed by atoms with Gasteiger partial charge in [-0.1, -0.05) is 63.2 Å². The standard InChI is InChI=1S/C30H31N3O2S/c1-5-17-33-23-14-10-9-13-21(23)26(29(33)35)32-28-25(27(34)31-20-11-7-6-8-12-20)22-16-15-19(30(2,3)4)18-24(22)36-28/h5-14,19H,1,15-18H2,2-4H3,(H,31,34)/t19-/m0/s1. The second-order valence-corrected chi connectivity index (χ2v) is 11.6. The summed E-state index contributed by atoms with van der Waals surface area (Å²) in [6.45, 7) is 11.1. The van der Waals surface area contributed by atoms with Gasteiger partial charge in [-0.25, -0.2) is 4.99 Å². The third kappa shape index (κ3) is 4.42. The molecule has 0 saturated heterocycles. The molecule has 0 fully saturated rings. The molecule has 1 aliphatic carbocycles. The largest absolute Gasteiger partial charge is 0.322 e. The molecule has 1 aromatic heterocycles. The van der Waals surface area contributed by atoms with Crippen LogP contribution in [0, 0.1) is 11.3 Å². The van der Waals surface area contributed by atoms with Crippen molar-refractivity contribution >= 4 is 45.2 Å². The molecular weight excluding hydrogens is 466 g/mol. The van der Waals surface area contributed by atoms with E-state index in [9.17, 15) is 9.59 Å². The van der Waals surface area contributed by atoms with Crippen molar-refractivity contribution in [1.29, 1.82) is 0 Å². The molecule has 2 aromatic carbocycles. The number of hydrogen-bond acceptors (Lipinski definition) is 4. The molecule has 0 radical (unpaired) electrons. The molecule has 3 aromatic rings. The molecule has 6 heteroatoms. The highest BCUT2D eigenvalue weighted by Gasteiger charge is 2.36. The van der Waals surface area contributed by atoms with E-state index in [1.54, 1.807) is 22.3 Å². The van der Waals surface area contributed by atoms with Crippen LogP contribution in [0.5, 0.6) is 0 Å². The van der Waals surface area contributed by atoms with Gasteiger partial charge in [-0.2, -0.15) is 0 Å². The lowest BCUT2D eigenvalue weighted by Gasteiger charge is -2.33. The maximum absolute atomic E-state index is 13.6. The first-order chi connectivity index (χ1) is 17.3. The summed E-state index contributed by atoms with van der Waals surface area (Å²) < 4.78 is 0. The zero-order valence-corrected chi connectivity index (χ0v) is 21.8. The van der Waals surface area contributed by atoms with Gasteiger partial charge in [0.05, 0.1) is 11.3 Å². The summed E-state index contributed by atoms with van der Waals surface area (Å²) in [5.41, 5.74) is 4.60. The zero-order chi connectivity index (χ0) is 25.4. The molecule has 0 saturated carbocycles. The van der Waals surface area contributed by atoms with E-state index in [1.165, 1.54) is 4.88 Å². The van der Waals surface area contributed by atoms with Gasteiger partial charge in [0.15, 0.2) is 0 Å². The van der Waals surface area contributed by atoms with Gasteiger partial charge in [0.25, 0.3) is 11.8 Å². The number of anilines is 2. The van der Waals surface area contributed by atoms with Crippen LogP contribution >= 0.6 is 11.3 Å². The number of rotatable bonds is 5. The number of carbonyl (C=O) groups excluding carboxylic acids is 2. The minimum absolute atomic E-state index is 0.163. The smallest absolute Gasteiger partial charge is 0.277 e. The molecule has 2 aliphatic rings. The van der Waals surface area contributed by atoms with Crippen molar-refractivity contribution < 1.29 is 9.59 Å². The predicted octanol–water partition coefficient (Wildman–Crippen LogP) is 6.80. The maximum Gasteiger partial charge on any atom is 0.277 e. The van der Waals surface area contributed by atoms with E-state index < -0.39 is 0 Å². The molecule has 1 aliphatic heterocycles. The summed E-state index contributed by atoms with van der Waals surface area (Å²) in [6.07, 6.45) is 4.51. The van der Waals surface area contributed by atoms with Gasteiger partial charge in [0.2, 0.25) is 0 Å². The molecule has 184 valence electrons. The number of fused-ring (bicyclic) bond motifs is 2. The minimum atomic E-state index is -0.172. The van der Waals surface area contributed by atoms with E-state index in [2.05, 4.69) is 32.7 Å². The van der Waals surface area contributed by atoms with Crippen molar-refractivity contribution in [2.45, 2.75) is 40.0 Å². The second-order valence-electron chi connectivity index (χ2n) is 10.5. The first kappa shape index (κ1) is 24.2. The van der Waals surface area contributed by atoms with E-state index in [-0.39, 0.29) is 17.2 Å². The Morgan fingerprint density at radius 1 is 1.17 bits per heavy atom. The molecule has 5 nitrogen and oxygen atoms in total. The lowest BCUT2D eigenvalue weighted by Crippen LogP contribution is -2.30. The van der Waals surface area contributed by atoms with Gasteiger partial charge in [-0.05, 0) is 54.4 Å². The Morgan fingerprint density at radius 2 is 1.89 bits per heavy atom. The van der Waals surface area contributed by atoms with Gasteiger partial charge >= 0.3 is 0 Å². The second kappa shape index (κ2) is 9.51. The van der Waals surface area contributed by atoms with Gasteiger partial charge in [-0.3, -0.25) is 9.59 Å². The van der Waals surface area contributed by atoms with Crippen LogP contribution in [0.4, 0.5) is 16.4 Å². The number of amides is 2. The molecule has 0 bridgehead atoms.